The average molecular weight is 372 g/mol. The molecule has 0 aliphatic carbocycles. The molecule has 142 valence electrons. The number of nitrogens with two attached hydrogens (primary N) is 1. The SMILES string of the molecule is CCC(CC)(CN)C(=O)N1CCC(NC(=O)c2ccoc2C)CC1.Cl. The van der Waals surface area contributed by atoms with Crippen LogP contribution in [0.5, 0.6) is 0 Å². The topological polar surface area (TPSA) is 88.6 Å². The summed E-state index contributed by atoms with van der Waals surface area (Å²) in [5.74, 6) is 0.675. The minimum absolute atomic E-state index is 0. The Morgan fingerprint density at radius 2 is 1.92 bits per heavy atom. The third-order valence-corrected chi connectivity index (χ3v) is 5.42. The van der Waals surface area contributed by atoms with Crippen LogP contribution in [0.1, 0.15) is 55.6 Å². The number of nitrogens with zero attached hydrogens (tertiary/aromatic N) is 1. The summed E-state index contributed by atoms with van der Waals surface area (Å²) in [4.78, 5) is 27.0. The Kier molecular flexibility index (Phi) is 7.96. The number of rotatable bonds is 6. The first-order valence-electron chi connectivity index (χ1n) is 8.81. The number of halogens is 1. The van der Waals surface area contributed by atoms with E-state index in [-0.39, 0.29) is 30.3 Å². The van der Waals surface area contributed by atoms with Crippen LogP contribution in [0.15, 0.2) is 16.7 Å². The number of hydrogen-bond donors (Lipinski definition) is 2. The number of furan rings is 1. The first-order chi connectivity index (χ1) is 11.5. The van der Waals surface area contributed by atoms with Crippen molar-refractivity contribution in [1.29, 1.82) is 0 Å². The lowest BCUT2D eigenvalue weighted by Gasteiger charge is -2.39. The fraction of sp³-hybridized carbons (Fsp3) is 0.667. The molecule has 6 nitrogen and oxygen atoms in total. The van der Waals surface area contributed by atoms with Crippen LogP contribution in [-0.2, 0) is 4.79 Å². The van der Waals surface area contributed by atoms with Crippen LogP contribution in [0, 0.1) is 12.3 Å². The molecule has 0 saturated carbocycles. The van der Waals surface area contributed by atoms with E-state index < -0.39 is 5.41 Å². The van der Waals surface area contributed by atoms with Gasteiger partial charge in [0.05, 0.1) is 17.2 Å². The molecule has 2 amide bonds. The fourth-order valence-electron chi connectivity index (χ4n) is 3.37. The van der Waals surface area contributed by atoms with Gasteiger partial charge in [-0.05, 0) is 38.7 Å². The summed E-state index contributed by atoms with van der Waals surface area (Å²) < 4.78 is 5.17. The van der Waals surface area contributed by atoms with E-state index in [4.69, 9.17) is 10.2 Å². The molecule has 1 aliphatic heterocycles. The predicted octanol–water partition coefficient (Wildman–Crippen LogP) is 2.50. The quantitative estimate of drug-likeness (QED) is 0.804. The van der Waals surface area contributed by atoms with Crippen molar-refractivity contribution in [1.82, 2.24) is 10.2 Å². The van der Waals surface area contributed by atoms with E-state index in [1.165, 1.54) is 6.26 Å². The van der Waals surface area contributed by atoms with Gasteiger partial charge in [0, 0.05) is 25.7 Å². The molecule has 1 aromatic rings. The highest BCUT2D eigenvalue weighted by molar-refractivity contribution is 5.95. The molecule has 1 saturated heterocycles. The smallest absolute Gasteiger partial charge is 0.255 e. The van der Waals surface area contributed by atoms with Crippen LogP contribution < -0.4 is 11.1 Å². The second kappa shape index (κ2) is 9.25. The fourth-order valence-corrected chi connectivity index (χ4v) is 3.37. The molecule has 1 aliphatic rings. The van der Waals surface area contributed by atoms with E-state index in [0.717, 1.165) is 25.7 Å². The van der Waals surface area contributed by atoms with E-state index in [9.17, 15) is 9.59 Å². The number of piperidine rings is 1. The minimum Gasteiger partial charge on any atom is -0.469 e. The normalized spacial score (nSPS) is 15.6. The second-order valence-electron chi connectivity index (χ2n) is 6.62. The first-order valence-corrected chi connectivity index (χ1v) is 8.81. The number of carbonyl (C=O) groups is 2. The standard InChI is InChI=1S/C18H29N3O3.ClH/c1-4-18(5-2,12-19)17(23)21-9-6-14(7-10-21)20-16(22)15-8-11-24-13(15)3;/h8,11,14H,4-7,9-10,12,19H2,1-3H3,(H,20,22);1H. The molecule has 25 heavy (non-hydrogen) atoms. The maximum absolute atomic E-state index is 12.8. The van der Waals surface area contributed by atoms with Crippen LogP contribution in [-0.4, -0.2) is 42.4 Å². The highest BCUT2D eigenvalue weighted by Crippen LogP contribution is 2.29. The molecule has 2 rings (SSSR count). The largest absolute Gasteiger partial charge is 0.469 e. The van der Waals surface area contributed by atoms with Crippen molar-refractivity contribution in [3.05, 3.63) is 23.7 Å². The lowest BCUT2D eigenvalue weighted by Crippen LogP contribution is -2.52. The zero-order valence-electron chi connectivity index (χ0n) is 15.3. The van der Waals surface area contributed by atoms with Gasteiger partial charge in [0.2, 0.25) is 5.91 Å². The number of nitrogens with one attached hydrogen (secondary N) is 1. The monoisotopic (exact) mass is 371 g/mol. The molecule has 0 radical (unpaired) electrons. The molecule has 0 aromatic carbocycles. The number of hydrogen-bond acceptors (Lipinski definition) is 4. The Bertz CT molecular complexity index is 568. The van der Waals surface area contributed by atoms with Gasteiger partial charge in [-0.3, -0.25) is 9.59 Å². The van der Waals surface area contributed by atoms with Gasteiger partial charge in [-0.2, -0.15) is 0 Å². The van der Waals surface area contributed by atoms with Crippen molar-refractivity contribution in [3.8, 4) is 0 Å². The summed E-state index contributed by atoms with van der Waals surface area (Å²) in [5.41, 5.74) is 6.02. The summed E-state index contributed by atoms with van der Waals surface area (Å²) >= 11 is 0. The summed E-state index contributed by atoms with van der Waals surface area (Å²) in [6.07, 6.45) is 4.57. The Morgan fingerprint density at radius 1 is 1.32 bits per heavy atom. The van der Waals surface area contributed by atoms with Gasteiger partial charge in [-0.25, -0.2) is 0 Å². The lowest BCUT2D eigenvalue weighted by atomic mass is 9.80. The van der Waals surface area contributed by atoms with Gasteiger partial charge in [0.1, 0.15) is 5.76 Å². The zero-order chi connectivity index (χ0) is 17.7. The number of amides is 2. The summed E-state index contributed by atoms with van der Waals surface area (Å²) in [6, 6.07) is 1.77. The summed E-state index contributed by atoms with van der Waals surface area (Å²) in [6.45, 7) is 7.53. The molecule has 1 aromatic heterocycles. The molecule has 1 fully saturated rings. The van der Waals surface area contributed by atoms with Crippen LogP contribution in [0.2, 0.25) is 0 Å². The van der Waals surface area contributed by atoms with Crippen LogP contribution in [0.3, 0.4) is 0 Å². The number of aryl methyl sites for hydroxylation is 1. The third-order valence-electron chi connectivity index (χ3n) is 5.42. The van der Waals surface area contributed by atoms with Crippen molar-refractivity contribution < 1.29 is 14.0 Å². The van der Waals surface area contributed by atoms with Gasteiger partial charge in [0.25, 0.3) is 5.91 Å². The van der Waals surface area contributed by atoms with E-state index in [2.05, 4.69) is 5.32 Å². The molecular formula is C18H30ClN3O3. The summed E-state index contributed by atoms with van der Waals surface area (Å²) in [5, 5.41) is 3.04. The van der Waals surface area contributed by atoms with Crippen molar-refractivity contribution in [2.45, 2.75) is 52.5 Å². The molecule has 0 bridgehead atoms. The minimum atomic E-state index is -0.440. The van der Waals surface area contributed by atoms with Crippen LogP contribution >= 0.6 is 12.4 Å². The van der Waals surface area contributed by atoms with Gasteiger partial charge in [-0.1, -0.05) is 13.8 Å². The first kappa shape index (κ1) is 21.5. The molecule has 0 atom stereocenters. The third kappa shape index (κ3) is 4.55. The van der Waals surface area contributed by atoms with Crippen molar-refractivity contribution in [3.63, 3.8) is 0 Å². The van der Waals surface area contributed by atoms with E-state index in [0.29, 0.717) is 31.0 Å². The van der Waals surface area contributed by atoms with Gasteiger partial charge < -0.3 is 20.4 Å². The van der Waals surface area contributed by atoms with Gasteiger partial charge in [0.15, 0.2) is 0 Å². The Morgan fingerprint density at radius 3 is 2.36 bits per heavy atom. The van der Waals surface area contributed by atoms with Gasteiger partial charge >= 0.3 is 0 Å². The average Bonchev–Trinajstić information content (AvgIpc) is 3.03. The molecule has 2 heterocycles. The Hall–Kier alpha value is -1.53. The summed E-state index contributed by atoms with van der Waals surface area (Å²) in [7, 11) is 0. The predicted molar refractivity (Wildman–Crippen MR) is 99.8 cm³/mol. The Labute approximate surface area is 155 Å². The number of carbonyl (C=O) groups excluding carboxylic acids is 2. The maximum atomic E-state index is 12.8. The molecule has 0 unspecified atom stereocenters. The van der Waals surface area contributed by atoms with Crippen molar-refractivity contribution >= 4 is 24.2 Å². The van der Waals surface area contributed by atoms with E-state index in [1.54, 1.807) is 13.0 Å². The van der Waals surface area contributed by atoms with Crippen LogP contribution in [0.4, 0.5) is 0 Å². The van der Waals surface area contributed by atoms with E-state index >= 15 is 0 Å². The van der Waals surface area contributed by atoms with E-state index in [1.807, 2.05) is 18.7 Å². The molecule has 7 heteroatoms. The zero-order valence-corrected chi connectivity index (χ0v) is 16.2. The van der Waals surface area contributed by atoms with Crippen LogP contribution in [0.25, 0.3) is 0 Å². The molecular weight excluding hydrogens is 342 g/mol. The lowest BCUT2D eigenvalue weighted by molar-refractivity contribution is -0.143. The highest BCUT2D eigenvalue weighted by Gasteiger charge is 2.38. The maximum Gasteiger partial charge on any atom is 0.255 e. The Balaban J connectivity index is 0.00000312. The highest BCUT2D eigenvalue weighted by atomic mass is 35.5. The molecule has 3 N–H and O–H groups in total. The second-order valence-corrected chi connectivity index (χ2v) is 6.62. The van der Waals surface area contributed by atoms with Crippen molar-refractivity contribution in [2.75, 3.05) is 19.6 Å². The molecule has 0 spiro atoms. The number of likely N-dealkylation sites (tertiary alicyclic amines) is 1. The van der Waals surface area contributed by atoms with Gasteiger partial charge in [-0.15, -0.1) is 12.4 Å². The van der Waals surface area contributed by atoms with Crippen molar-refractivity contribution in [2.24, 2.45) is 11.1 Å².